The van der Waals surface area contributed by atoms with E-state index < -0.39 is 21.8 Å². The summed E-state index contributed by atoms with van der Waals surface area (Å²) < 4.78 is 23.0. The summed E-state index contributed by atoms with van der Waals surface area (Å²) >= 11 is 0. The summed E-state index contributed by atoms with van der Waals surface area (Å²) in [5.74, 6) is -0.605. The van der Waals surface area contributed by atoms with E-state index >= 15 is 0 Å². The minimum absolute atomic E-state index is 0.0590. The van der Waals surface area contributed by atoms with Gasteiger partial charge < -0.3 is 5.32 Å². The van der Waals surface area contributed by atoms with Crippen LogP contribution in [0.1, 0.15) is 12.0 Å². The predicted molar refractivity (Wildman–Crippen MR) is 92.8 cm³/mol. The second-order valence-electron chi connectivity index (χ2n) is 5.81. The Labute approximate surface area is 145 Å². The van der Waals surface area contributed by atoms with Crippen molar-refractivity contribution in [2.45, 2.75) is 12.5 Å². The van der Waals surface area contributed by atoms with Crippen molar-refractivity contribution >= 4 is 21.8 Å². The molecule has 0 radical (unpaired) electrons. The number of benzene rings is 1. The SMILES string of the molecule is N#CC(=Cc1cn[nH]c1-c1ccccc1)C(=O)NC1CCS(=O)(=O)C1. The van der Waals surface area contributed by atoms with E-state index in [1.807, 2.05) is 36.4 Å². The number of nitriles is 1. The Morgan fingerprint density at radius 1 is 1.36 bits per heavy atom. The van der Waals surface area contributed by atoms with E-state index in [9.17, 15) is 18.5 Å². The topological polar surface area (TPSA) is 116 Å². The van der Waals surface area contributed by atoms with E-state index in [2.05, 4.69) is 15.5 Å². The molecule has 1 fully saturated rings. The molecule has 0 saturated carbocycles. The largest absolute Gasteiger partial charge is 0.348 e. The van der Waals surface area contributed by atoms with Crippen molar-refractivity contribution in [2.24, 2.45) is 0 Å². The van der Waals surface area contributed by atoms with E-state index in [-0.39, 0.29) is 17.1 Å². The molecule has 1 saturated heterocycles. The number of amides is 1. The summed E-state index contributed by atoms with van der Waals surface area (Å²) in [6.07, 6.45) is 3.35. The van der Waals surface area contributed by atoms with Crippen molar-refractivity contribution in [3.8, 4) is 17.3 Å². The van der Waals surface area contributed by atoms with Gasteiger partial charge >= 0.3 is 0 Å². The average Bonchev–Trinajstić information content (AvgIpc) is 3.19. The van der Waals surface area contributed by atoms with Crippen LogP contribution in [0.2, 0.25) is 0 Å². The number of carbonyl (C=O) groups is 1. The molecule has 25 heavy (non-hydrogen) atoms. The number of hydrogen-bond acceptors (Lipinski definition) is 5. The molecule has 8 heteroatoms. The maximum atomic E-state index is 12.3. The Hall–Kier alpha value is -2.92. The monoisotopic (exact) mass is 356 g/mol. The molecule has 1 amide bonds. The van der Waals surface area contributed by atoms with Crippen LogP contribution in [-0.2, 0) is 14.6 Å². The summed E-state index contributed by atoms with van der Waals surface area (Å²) in [5.41, 5.74) is 2.09. The number of sulfone groups is 1. The number of hydrogen-bond donors (Lipinski definition) is 2. The van der Waals surface area contributed by atoms with Gasteiger partial charge in [0.15, 0.2) is 9.84 Å². The van der Waals surface area contributed by atoms with Crippen molar-refractivity contribution in [2.75, 3.05) is 11.5 Å². The molecule has 1 aromatic carbocycles. The Bertz CT molecular complexity index is 955. The maximum absolute atomic E-state index is 12.3. The fourth-order valence-electron chi connectivity index (χ4n) is 2.72. The van der Waals surface area contributed by atoms with Crippen molar-refractivity contribution in [1.82, 2.24) is 15.5 Å². The molecule has 2 N–H and O–H groups in total. The number of aromatic nitrogens is 2. The van der Waals surface area contributed by atoms with Crippen LogP contribution in [0, 0.1) is 11.3 Å². The van der Waals surface area contributed by atoms with Gasteiger partial charge in [0, 0.05) is 17.2 Å². The minimum Gasteiger partial charge on any atom is -0.348 e. The quantitative estimate of drug-likeness (QED) is 0.632. The normalized spacial score (nSPS) is 19.3. The van der Waals surface area contributed by atoms with Gasteiger partial charge in [0.1, 0.15) is 11.6 Å². The lowest BCUT2D eigenvalue weighted by Gasteiger charge is -2.09. The van der Waals surface area contributed by atoms with E-state index in [1.165, 1.54) is 12.3 Å². The molecule has 1 aliphatic heterocycles. The van der Waals surface area contributed by atoms with Crippen LogP contribution >= 0.6 is 0 Å². The molecule has 1 aromatic heterocycles. The molecule has 1 atom stereocenters. The molecule has 3 rings (SSSR count). The second-order valence-corrected chi connectivity index (χ2v) is 8.04. The number of carbonyl (C=O) groups excluding carboxylic acids is 1. The van der Waals surface area contributed by atoms with Gasteiger partial charge in [-0.15, -0.1) is 0 Å². The standard InChI is InChI=1S/C17H16N4O3S/c18-9-13(17(22)20-15-6-7-25(23,24)11-15)8-14-10-19-21-16(14)12-4-2-1-3-5-12/h1-5,8,10,15H,6-7,11H2,(H,19,21)(H,20,22). The predicted octanol–water partition coefficient (Wildman–Crippen LogP) is 1.29. The molecular weight excluding hydrogens is 340 g/mol. The van der Waals surface area contributed by atoms with Crippen molar-refractivity contribution in [1.29, 1.82) is 5.26 Å². The van der Waals surface area contributed by atoms with E-state index in [0.717, 1.165) is 5.56 Å². The fourth-order valence-corrected chi connectivity index (χ4v) is 4.39. The number of H-pyrrole nitrogens is 1. The van der Waals surface area contributed by atoms with Gasteiger partial charge in [-0.1, -0.05) is 30.3 Å². The smallest absolute Gasteiger partial charge is 0.262 e. The Kier molecular flexibility index (Phi) is 4.67. The Balaban J connectivity index is 1.81. The van der Waals surface area contributed by atoms with Gasteiger partial charge in [-0.3, -0.25) is 9.89 Å². The number of aromatic amines is 1. The molecule has 128 valence electrons. The van der Waals surface area contributed by atoms with E-state index in [0.29, 0.717) is 17.7 Å². The van der Waals surface area contributed by atoms with Crippen LogP contribution in [0.5, 0.6) is 0 Å². The van der Waals surface area contributed by atoms with Gasteiger partial charge in [0.05, 0.1) is 23.4 Å². The van der Waals surface area contributed by atoms with Gasteiger partial charge in [-0.25, -0.2) is 8.42 Å². The summed E-state index contributed by atoms with van der Waals surface area (Å²) in [4.78, 5) is 12.3. The van der Waals surface area contributed by atoms with Crippen LogP contribution < -0.4 is 5.32 Å². The molecular formula is C17H16N4O3S. The second kappa shape index (κ2) is 6.91. The van der Waals surface area contributed by atoms with Gasteiger partial charge in [0.2, 0.25) is 0 Å². The highest BCUT2D eigenvalue weighted by Crippen LogP contribution is 2.23. The van der Waals surface area contributed by atoms with Crippen molar-refractivity contribution in [3.63, 3.8) is 0 Å². The first-order valence-electron chi connectivity index (χ1n) is 7.70. The highest BCUT2D eigenvalue weighted by molar-refractivity contribution is 7.91. The third kappa shape index (κ3) is 3.95. The van der Waals surface area contributed by atoms with Crippen LogP contribution in [0.4, 0.5) is 0 Å². The third-order valence-electron chi connectivity index (χ3n) is 3.96. The lowest BCUT2D eigenvalue weighted by Crippen LogP contribution is -2.36. The fraction of sp³-hybridized carbons (Fsp3) is 0.235. The minimum atomic E-state index is -3.10. The summed E-state index contributed by atoms with van der Waals surface area (Å²) in [5, 5.41) is 18.8. The first-order chi connectivity index (χ1) is 12.0. The van der Waals surface area contributed by atoms with E-state index in [4.69, 9.17) is 0 Å². The third-order valence-corrected chi connectivity index (χ3v) is 5.73. The highest BCUT2D eigenvalue weighted by Gasteiger charge is 2.29. The molecule has 2 aromatic rings. The lowest BCUT2D eigenvalue weighted by atomic mass is 10.1. The average molecular weight is 356 g/mol. The van der Waals surface area contributed by atoms with Gasteiger partial charge in [-0.2, -0.15) is 10.4 Å². The van der Waals surface area contributed by atoms with Crippen LogP contribution in [0.3, 0.4) is 0 Å². The van der Waals surface area contributed by atoms with Crippen molar-refractivity contribution < 1.29 is 13.2 Å². The number of nitrogens with one attached hydrogen (secondary N) is 2. The molecule has 1 unspecified atom stereocenters. The molecule has 0 spiro atoms. The van der Waals surface area contributed by atoms with Gasteiger partial charge in [-0.05, 0) is 12.5 Å². The number of rotatable bonds is 4. The lowest BCUT2D eigenvalue weighted by molar-refractivity contribution is -0.117. The molecule has 0 bridgehead atoms. The molecule has 0 aliphatic carbocycles. The summed E-state index contributed by atoms with van der Waals surface area (Å²) in [7, 11) is -3.10. The van der Waals surface area contributed by atoms with Crippen molar-refractivity contribution in [3.05, 3.63) is 47.7 Å². The first-order valence-corrected chi connectivity index (χ1v) is 9.52. The Morgan fingerprint density at radius 2 is 2.12 bits per heavy atom. The Morgan fingerprint density at radius 3 is 2.76 bits per heavy atom. The van der Waals surface area contributed by atoms with Crippen LogP contribution in [-0.4, -0.2) is 42.1 Å². The molecule has 7 nitrogen and oxygen atoms in total. The zero-order valence-corrected chi connectivity index (χ0v) is 14.1. The van der Waals surface area contributed by atoms with Gasteiger partial charge in [0.25, 0.3) is 5.91 Å². The summed E-state index contributed by atoms with van der Waals surface area (Å²) in [6.45, 7) is 0. The zero-order valence-electron chi connectivity index (χ0n) is 13.3. The number of nitrogens with zero attached hydrogens (tertiary/aromatic N) is 2. The first kappa shape index (κ1) is 16.9. The molecule has 1 aliphatic rings. The highest BCUT2D eigenvalue weighted by atomic mass is 32.2. The van der Waals surface area contributed by atoms with E-state index in [1.54, 1.807) is 0 Å². The summed E-state index contributed by atoms with van der Waals surface area (Å²) in [6, 6.07) is 10.8. The maximum Gasteiger partial charge on any atom is 0.262 e. The van der Waals surface area contributed by atoms with Crippen LogP contribution in [0.25, 0.3) is 17.3 Å². The zero-order chi connectivity index (χ0) is 17.9. The molecule has 2 heterocycles. The van der Waals surface area contributed by atoms with Crippen LogP contribution in [0.15, 0.2) is 42.1 Å².